The number of methoxy groups -OCH3 is 1. The second kappa shape index (κ2) is 5.40. The van der Waals surface area contributed by atoms with Gasteiger partial charge in [0.1, 0.15) is 5.75 Å². The van der Waals surface area contributed by atoms with Gasteiger partial charge in [-0.05, 0) is 36.2 Å². The number of hydrogen-bond acceptors (Lipinski definition) is 3. The molecule has 0 bridgehead atoms. The first-order valence-electron chi connectivity index (χ1n) is 6.79. The van der Waals surface area contributed by atoms with E-state index in [1.54, 1.807) is 31.4 Å². The van der Waals surface area contributed by atoms with Crippen LogP contribution in [0.4, 0.5) is 0 Å². The molecule has 3 rings (SSSR count). The van der Waals surface area contributed by atoms with Gasteiger partial charge in [0, 0.05) is 6.54 Å². The molecule has 0 atom stereocenters. The van der Waals surface area contributed by atoms with Gasteiger partial charge in [0.2, 0.25) is 0 Å². The first-order chi connectivity index (χ1) is 10.2. The van der Waals surface area contributed by atoms with Crippen LogP contribution in [0.15, 0.2) is 48.5 Å². The fourth-order valence-corrected chi connectivity index (χ4v) is 2.51. The van der Waals surface area contributed by atoms with Crippen LogP contribution in [0.5, 0.6) is 5.75 Å². The summed E-state index contributed by atoms with van der Waals surface area (Å²) in [6.45, 7) is 0.375. The molecule has 2 aromatic carbocycles. The molecule has 1 aliphatic rings. The van der Waals surface area contributed by atoms with Crippen LogP contribution in [0.1, 0.15) is 26.3 Å². The minimum atomic E-state index is -0.210. The highest BCUT2D eigenvalue weighted by Crippen LogP contribution is 2.23. The average Bonchev–Trinajstić information content (AvgIpc) is 2.78. The summed E-state index contributed by atoms with van der Waals surface area (Å²) in [6, 6.07) is 14.6. The van der Waals surface area contributed by atoms with Crippen molar-refractivity contribution < 1.29 is 14.3 Å². The molecule has 0 spiro atoms. The summed E-state index contributed by atoms with van der Waals surface area (Å²) >= 11 is 0. The molecule has 106 valence electrons. The molecular formula is C17H15NO3. The highest BCUT2D eigenvalue weighted by molar-refractivity contribution is 6.21. The lowest BCUT2D eigenvalue weighted by atomic mass is 10.1. The Hall–Kier alpha value is -2.62. The average molecular weight is 281 g/mol. The van der Waals surface area contributed by atoms with Crippen LogP contribution in [0.2, 0.25) is 0 Å². The quantitative estimate of drug-likeness (QED) is 0.809. The molecule has 21 heavy (non-hydrogen) atoms. The summed E-state index contributed by atoms with van der Waals surface area (Å²) in [7, 11) is 1.61. The maximum Gasteiger partial charge on any atom is 0.261 e. The number of nitrogens with zero attached hydrogens (tertiary/aromatic N) is 1. The van der Waals surface area contributed by atoms with Crippen molar-refractivity contribution in [3.8, 4) is 5.75 Å². The molecule has 0 aliphatic carbocycles. The molecule has 0 saturated heterocycles. The van der Waals surface area contributed by atoms with Gasteiger partial charge >= 0.3 is 0 Å². The molecule has 4 heteroatoms. The van der Waals surface area contributed by atoms with Crippen LogP contribution in [0.3, 0.4) is 0 Å². The normalized spacial score (nSPS) is 13.5. The molecule has 2 aromatic rings. The Morgan fingerprint density at radius 3 is 2.24 bits per heavy atom. The summed E-state index contributed by atoms with van der Waals surface area (Å²) in [6.07, 6.45) is 0.614. The van der Waals surface area contributed by atoms with Crippen molar-refractivity contribution in [1.82, 2.24) is 4.90 Å². The predicted octanol–water partition coefficient (Wildman–Crippen LogP) is 2.53. The Balaban J connectivity index is 1.75. The van der Waals surface area contributed by atoms with E-state index in [0.29, 0.717) is 24.1 Å². The molecule has 1 heterocycles. The number of imide groups is 1. The molecule has 0 unspecified atom stereocenters. The number of fused-ring (bicyclic) bond motifs is 1. The van der Waals surface area contributed by atoms with Gasteiger partial charge in [-0.2, -0.15) is 0 Å². The van der Waals surface area contributed by atoms with E-state index in [-0.39, 0.29) is 11.8 Å². The fourth-order valence-electron chi connectivity index (χ4n) is 2.51. The number of hydrogen-bond donors (Lipinski definition) is 0. The van der Waals surface area contributed by atoms with Gasteiger partial charge in [-0.15, -0.1) is 0 Å². The van der Waals surface area contributed by atoms with E-state index in [2.05, 4.69) is 0 Å². The van der Waals surface area contributed by atoms with Gasteiger partial charge in [-0.1, -0.05) is 24.3 Å². The maximum atomic E-state index is 12.2. The van der Waals surface area contributed by atoms with Gasteiger partial charge in [0.15, 0.2) is 0 Å². The van der Waals surface area contributed by atoms with Crippen LogP contribution in [0, 0.1) is 0 Å². The van der Waals surface area contributed by atoms with Crippen molar-refractivity contribution in [3.63, 3.8) is 0 Å². The Bertz CT molecular complexity index is 674. The van der Waals surface area contributed by atoms with E-state index in [1.165, 1.54) is 4.90 Å². The lowest BCUT2D eigenvalue weighted by molar-refractivity contribution is 0.0656. The largest absolute Gasteiger partial charge is 0.497 e. The van der Waals surface area contributed by atoms with E-state index in [0.717, 1.165) is 11.3 Å². The lowest BCUT2D eigenvalue weighted by Crippen LogP contribution is -2.31. The molecule has 0 radical (unpaired) electrons. The molecule has 0 aromatic heterocycles. The highest BCUT2D eigenvalue weighted by atomic mass is 16.5. The third-order valence-corrected chi connectivity index (χ3v) is 3.64. The van der Waals surface area contributed by atoms with E-state index < -0.39 is 0 Å². The van der Waals surface area contributed by atoms with Crippen molar-refractivity contribution in [2.45, 2.75) is 6.42 Å². The first kappa shape index (κ1) is 13.4. The number of ether oxygens (including phenoxy) is 1. The number of carbonyl (C=O) groups is 2. The predicted molar refractivity (Wildman–Crippen MR) is 78.5 cm³/mol. The Morgan fingerprint density at radius 2 is 1.62 bits per heavy atom. The van der Waals surface area contributed by atoms with Gasteiger partial charge in [0.05, 0.1) is 18.2 Å². The van der Waals surface area contributed by atoms with Crippen LogP contribution in [0.25, 0.3) is 0 Å². The summed E-state index contributed by atoms with van der Waals surface area (Å²) < 4.78 is 5.17. The topological polar surface area (TPSA) is 46.6 Å². The van der Waals surface area contributed by atoms with E-state index in [1.807, 2.05) is 24.3 Å². The number of benzene rings is 2. The highest BCUT2D eigenvalue weighted by Gasteiger charge is 2.34. The van der Waals surface area contributed by atoms with Gasteiger partial charge < -0.3 is 4.74 Å². The standard InChI is InChI=1S/C17H15NO3/c1-21-13-6-4-5-12(11-13)9-10-18-16(19)14-7-2-3-8-15(14)17(18)20/h2-8,11H,9-10H2,1H3. The summed E-state index contributed by atoms with van der Waals surface area (Å²) in [5, 5.41) is 0. The molecule has 1 aliphatic heterocycles. The smallest absolute Gasteiger partial charge is 0.261 e. The monoisotopic (exact) mass is 281 g/mol. The summed E-state index contributed by atoms with van der Waals surface area (Å²) in [5.41, 5.74) is 2.02. The maximum absolute atomic E-state index is 12.2. The zero-order valence-corrected chi connectivity index (χ0v) is 11.7. The van der Waals surface area contributed by atoms with Crippen molar-refractivity contribution in [2.75, 3.05) is 13.7 Å². The SMILES string of the molecule is COc1cccc(CCN2C(=O)c3ccccc3C2=O)c1. The van der Waals surface area contributed by atoms with Crippen LogP contribution < -0.4 is 4.74 Å². The first-order valence-corrected chi connectivity index (χ1v) is 6.79. The number of rotatable bonds is 4. The van der Waals surface area contributed by atoms with Crippen molar-refractivity contribution in [3.05, 3.63) is 65.2 Å². The third-order valence-electron chi connectivity index (χ3n) is 3.64. The van der Waals surface area contributed by atoms with Crippen LogP contribution >= 0.6 is 0 Å². The third kappa shape index (κ3) is 2.40. The Morgan fingerprint density at radius 1 is 0.952 bits per heavy atom. The molecule has 4 nitrogen and oxygen atoms in total. The van der Waals surface area contributed by atoms with Gasteiger partial charge in [0.25, 0.3) is 11.8 Å². The fraction of sp³-hybridized carbons (Fsp3) is 0.176. The minimum absolute atomic E-state index is 0.210. The molecule has 0 saturated carbocycles. The van der Waals surface area contributed by atoms with Crippen molar-refractivity contribution in [2.24, 2.45) is 0 Å². The second-order valence-corrected chi connectivity index (χ2v) is 4.91. The van der Waals surface area contributed by atoms with E-state index in [4.69, 9.17) is 4.74 Å². The molecule has 0 fully saturated rings. The summed E-state index contributed by atoms with van der Waals surface area (Å²) in [4.78, 5) is 25.8. The second-order valence-electron chi connectivity index (χ2n) is 4.91. The molecule has 0 N–H and O–H groups in total. The minimum Gasteiger partial charge on any atom is -0.497 e. The summed E-state index contributed by atoms with van der Waals surface area (Å²) in [5.74, 6) is 0.354. The zero-order valence-electron chi connectivity index (χ0n) is 11.7. The Labute approximate surface area is 123 Å². The van der Waals surface area contributed by atoms with Crippen LogP contribution in [-0.4, -0.2) is 30.4 Å². The van der Waals surface area contributed by atoms with Gasteiger partial charge in [-0.3, -0.25) is 14.5 Å². The molecule has 2 amide bonds. The van der Waals surface area contributed by atoms with Crippen LogP contribution in [-0.2, 0) is 6.42 Å². The van der Waals surface area contributed by atoms with E-state index >= 15 is 0 Å². The van der Waals surface area contributed by atoms with Crippen molar-refractivity contribution >= 4 is 11.8 Å². The van der Waals surface area contributed by atoms with E-state index in [9.17, 15) is 9.59 Å². The van der Waals surface area contributed by atoms with Gasteiger partial charge in [-0.25, -0.2) is 0 Å². The Kier molecular flexibility index (Phi) is 3.44. The number of carbonyl (C=O) groups excluding carboxylic acids is 2. The van der Waals surface area contributed by atoms with Crippen molar-refractivity contribution in [1.29, 1.82) is 0 Å². The number of amides is 2. The lowest BCUT2D eigenvalue weighted by Gasteiger charge is -2.14. The molecular weight excluding hydrogens is 266 g/mol. The zero-order chi connectivity index (χ0) is 14.8.